The molecular weight excluding hydrogens is 266 g/mol. The highest BCUT2D eigenvalue weighted by Gasteiger charge is 2.13. The number of hydrogen-bond acceptors (Lipinski definition) is 5. The lowest BCUT2D eigenvalue weighted by Gasteiger charge is -2.03. The molecule has 0 saturated heterocycles. The van der Waals surface area contributed by atoms with Gasteiger partial charge in [0.25, 0.3) is 0 Å². The molecule has 0 aliphatic rings. The Morgan fingerprint density at radius 1 is 1.14 bits per heavy atom. The van der Waals surface area contributed by atoms with E-state index in [4.69, 9.17) is 15.0 Å². The quantitative estimate of drug-likeness (QED) is 0.744. The molecule has 0 amide bonds. The van der Waals surface area contributed by atoms with Crippen LogP contribution in [0.5, 0.6) is 5.75 Å². The summed E-state index contributed by atoms with van der Waals surface area (Å²) >= 11 is 0. The Morgan fingerprint density at radius 3 is 2.81 bits per heavy atom. The summed E-state index contributed by atoms with van der Waals surface area (Å²) < 4.78 is 10.6. The zero-order chi connectivity index (χ0) is 14.7. The van der Waals surface area contributed by atoms with Gasteiger partial charge in [-0.25, -0.2) is 0 Å². The van der Waals surface area contributed by atoms with Gasteiger partial charge < -0.3 is 15.0 Å². The number of methoxy groups -OCH3 is 1. The number of nitrogens with zero attached hydrogens (tertiary/aromatic N) is 2. The largest absolute Gasteiger partial charge is 0.496 e. The van der Waals surface area contributed by atoms with Crippen molar-refractivity contribution in [3.05, 3.63) is 60.0 Å². The predicted octanol–water partition coefficient (Wildman–Crippen LogP) is 2.92. The van der Waals surface area contributed by atoms with Gasteiger partial charge in [0.1, 0.15) is 5.75 Å². The molecular formula is C16H15N3O2. The highest BCUT2D eigenvalue weighted by molar-refractivity contribution is 5.63. The van der Waals surface area contributed by atoms with Crippen LogP contribution in [0.4, 0.5) is 5.69 Å². The molecule has 2 aromatic carbocycles. The van der Waals surface area contributed by atoms with Crippen LogP contribution in [-0.2, 0) is 6.42 Å². The summed E-state index contributed by atoms with van der Waals surface area (Å²) in [6, 6.07) is 15.2. The SMILES string of the molecule is COc1ccccc1-c1noc(Cc2cccc(N)c2)n1. The van der Waals surface area contributed by atoms with Crippen molar-refractivity contribution in [1.82, 2.24) is 10.1 Å². The van der Waals surface area contributed by atoms with Crippen LogP contribution in [0.1, 0.15) is 11.5 Å². The van der Waals surface area contributed by atoms with Gasteiger partial charge in [-0.2, -0.15) is 4.98 Å². The van der Waals surface area contributed by atoms with Crippen LogP contribution in [0.25, 0.3) is 11.4 Å². The first-order valence-corrected chi connectivity index (χ1v) is 6.56. The molecule has 5 nitrogen and oxygen atoms in total. The van der Waals surface area contributed by atoms with Crippen LogP contribution in [0, 0.1) is 0 Å². The molecule has 2 N–H and O–H groups in total. The summed E-state index contributed by atoms with van der Waals surface area (Å²) in [4.78, 5) is 4.42. The third-order valence-corrected chi connectivity index (χ3v) is 3.12. The van der Waals surface area contributed by atoms with Gasteiger partial charge in [-0.05, 0) is 29.8 Å². The van der Waals surface area contributed by atoms with E-state index in [2.05, 4.69) is 10.1 Å². The summed E-state index contributed by atoms with van der Waals surface area (Å²) in [5.41, 5.74) is 8.32. The number of para-hydroxylation sites is 1. The lowest BCUT2D eigenvalue weighted by Crippen LogP contribution is -1.92. The maximum atomic E-state index is 5.76. The number of nitrogens with two attached hydrogens (primary N) is 1. The monoisotopic (exact) mass is 281 g/mol. The Hall–Kier alpha value is -2.82. The molecule has 0 spiro atoms. The Labute approximate surface area is 122 Å². The smallest absolute Gasteiger partial charge is 0.231 e. The first-order chi connectivity index (χ1) is 10.3. The van der Waals surface area contributed by atoms with Gasteiger partial charge in [0.2, 0.25) is 11.7 Å². The summed E-state index contributed by atoms with van der Waals surface area (Å²) in [6.45, 7) is 0. The number of anilines is 1. The molecule has 21 heavy (non-hydrogen) atoms. The molecule has 1 heterocycles. The first kappa shape index (κ1) is 13.2. The molecule has 5 heteroatoms. The fraction of sp³-hybridized carbons (Fsp3) is 0.125. The Balaban J connectivity index is 1.86. The van der Waals surface area contributed by atoms with Gasteiger partial charge in [0, 0.05) is 5.69 Å². The minimum Gasteiger partial charge on any atom is -0.496 e. The van der Waals surface area contributed by atoms with Crippen molar-refractivity contribution in [2.75, 3.05) is 12.8 Å². The number of rotatable bonds is 4. The van der Waals surface area contributed by atoms with Crippen LogP contribution < -0.4 is 10.5 Å². The van der Waals surface area contributed by atoms with E-state index in [0.717, 1.165) is 16.8 Å². The zero-order valence-electron chi connectivity index (χ0n) is 11.6. The van der Waals surface area contributed by atoms with E-state index >= 15 is 0 Å². The van der Waals surface area contributed by atoms with Gasteiger partial charge in [0.15, 0.2) is 0 Å². The van der Waals surface area contributed by atoms with Gasteiger partial charge in [-0.3, -0.25) is 0 Å². The lowest BCUT2D eigenvalue weighted by atomic mass is 10.1. The number of benzene rings is 2. The molecule has 3 rings (SSSR count). The molecule has 0 atom stereocenters. The van der Waals surface area contributed by atoms with E-state index in [-0.39, 0.29) is 0 Å². The van der Waals surface area contributed by atoms with Crippen LogP contribution in [0.2, 0.25) is 0 Å². The average Bonchev–Trinajstić information content (AvgIpc) is 2.95. The van der Waals surface area contributed by atoms with Crippen molar-refractivity contribution in [3.8, 4) is 17.1 Å². The topological polar surface area (TPSA) is 74.2 Å². The van der Waals surface area contributed by atoms with E-state index in [1.54, 1.807) is 7.11 Å². The van der Waals surface area contributed by atoms with Crippen molar-refractivity contribution in [3.63, 3.8) is 0 Å². The van der Waals surface area contributed by atoms with Crippen LogP contribution in [0.15, 0.2) is 53.1 Å². The number of nitrogen functional groups attached to an aromatic ring is 1. The normalized spacial score (nSPS) is 10.5. The van der Waals surface area contributed by atoms with Gasteiger partial charge in [-0.15, -0.1) is 0 Å². The van der Waals surface area contributed by atoms with Crippen molar-refractivity contribution in [2.24, 2.45) is 0 Å². The maximum absolute atomic E-state index is 5.76. The third-order valence-electron chi connectivity index (χ3n) is 3.12. The third kappa shape index (κ3) is 2.86. The molecule has 0 saturated carbocycles. The molecule has 0 bridgehead atoms. The molecule has 106 valence electrons. The molecule has 0 unspecified atom stereocenters. The Morgan fingerprint density at radius 2 is 2.00 bits per heavy atom. The highest BCUT2D eigenvalue weighted by atomic mass is 16.5. The zero-order valence-corrected chi connectivity index (χ0v) is 11.6. The van der Waals surface area contributed by atoms with Crippen LogP contribution in [0.3, 0.4) is 0 Å². The van der Waals surface area contributed by atoms with E-state index in [9.17, 15) is 0 Å². The second-order valence-corrected chi connectivity index (χ2v) is 4.63. The van der Waals surface area contributed by atoms with Crippen molar-refractivity contribution in [1.29, 1.82) is 0 Å². The van der Waals surface area contributed by atoms with E-state index in [0.29, 0.717) is 23.9 Å². The Kier molecular flexibility index (Phi) is 3.55. The summed E-state index contributed by atoms with van der Waals surface area (Å²) in [7, 11) is 1.62. The average molecular weight is 281 g/mol. The maximum Gasteiger partial charge on any atom is 0.231 e. The van der Waals surface area contributed by atoms with Crippen molar-refractivity contribution in [2.45, 2.75) is 6.42 Å². The lowest BCUT2D eigenvalue weighted by molar-refractivity contribution is 0.384. The fourth-order valence-corrected chi connectivity index (χ4v) is 2.14. The van der Waals surface area contributed by atoms with E-state index in [1.807, 2.05) is 48.5 Å². The van der Waals surface area contributed by atoms with Gasteiger partial charge in [-0.1, -0.05) is 29.4 Å². The number of ether oxygens (including phenoxy) is 1. The number of hydrogen-bond donors (Lipinski definition) is 1. The minimum absolute atomic E-state index is 0.520. The molecule has 1 aromatic heterocycles. The van der Waals surface area contributed by atoms with Gasteiger partial charge >= 0.3 is 0 Å². The molecule has 0 aliphatic carbocycles. The molecule has 3 aromatic rings. The van der Waals surface area contributed by atoms with Crippen molar-refractivity contribution >= 4 is 5.69 Å². The summed E-state index contributed by atoms with van der Waals surface area (Å²) in [5, 5.41) is 4.02. The van der Waals surface area contributed by atoms with Crippen LogP contribution >= 0.6 is 0 Å². The van der Waals surface area contributed by atoms with Gasteiger partial charge in [0.05, 0.1) is 19.1 Å². The second-order valence-electron chi connectivity index (χ2n) is 4.63. The molecule has 0 aliphatic heterocycles. The predicted molar refractivity (Wildman–Crippen MR) is 79.9 cm³/mol. The summed E-state index contributed by atoms with van der Waals surface area (Å²) in [5.74, 6) is 1.78. The number of aromatic nitrogens is 2. The second kappa shape index (κ2) is 5.66. The Bertz CT molecular complexity index is 753. The molecule has 0 radical (unpaired) electrons. The van der Waals surface area contributed by atoms with Crippen molar-refractivity contribution < 1.29 is 9.26 Å². The van der Waals surface area contributed by atoms with Crippen LogP contribution in [-0.4, -0.2) is 17.3 Å². The van der Waals surface area contributed by atoms with E-state index < -0.39 is 0 Å². The van der Waals surface area contributed by atoms with E-state index in [1.165, 1.54) is 0 Å². The standard InChI is InChI=1S/C16H15N3O2/c1-20-14-8-3-2-7-13(14)16-18-15(21-19-16)10-11-5-4-6-12(17)9-11/h2-9H,10,17H2,1H3. The first-order valence-electron chi connectivity index (χ1n) is 6.56. The minimum atomic E-state index is 0.520. The fourth-order valence-electron chi connectivity index (χ4n) is 2.14. The highest BCUT2D eigenvalue weighted by Crippen LogP contribution is 2.27. The summed E-state index contributed by atoms with van der Waals surface area (Å²) in [6.07, 6.45) is 0.549. The molecule has 0 fully saturated rings.